The van der Waals surface area contributed by atoms with Crippen LogP contribution in [0.25, 0.3) is 0 Å². The van der Waals surface area contributed by atoms with Crippen LogP contribution in [0.3, 0.4) is 0 Å². The molecule has 0 amide bonds. The van der Waals surface area contributed by atoms with E-state index in [1.54, 1.807) is 0 Å². The zero-order valence-corrected chi connectivity index (χ0v) is 29.3. The SMILES string of the molecule is CO[C@H]1O[C@@H]2CO[C@@H](c3ccccc3)O[C@H]2[C@H](OC(=O)CCC#CC#CCCc2ccccc2)[C@H]1OC(=O)CCC#CC#CCCc1ccccc1. The van der Waals surface area contributed by atoms with Crippen LogP contribution < -0.4 is 0 Å². The normalized spacial score (nSPS) is 21.5. The standard InChI is InChI=1S/C44H42O8/c1-47-44-42(51-39(46)32-22-9-5-3-7-14-24-35-27-17-11-18-28-35)41(40-37(49-44)33-48-43(52-40)36-29-19-12-20-30-36)50-38(45)31-21-8-4-2-6-13-23-34-25-15-10-16-26-34/h10-12,15-20,25-30,37,40-44H,13-14,21-24,31-33H2,1H3/t37-,40-,41+,42-,43-,44+/m1/s1. The fraction of sp³-hybridized carbons (Fsp3) is 0.364. The molecule has 0 spiro atoms. The molecule has 0 unspecified atom stereocenters. The molecule has 0 radical (unpaired) electrons. The second kappa shape index (κ2) is 21.1. The summed E-state index contributed by atoms with van der Waals surface area (Å²) in [4.78, 5) is 26.3. The van der Waals surface area contributed by atoms with Crippen LogP contribution in [0.1, 0.15) is 61.5 Å². The smallest absolute Gasteiger partial charge is 0.307 e. The van der Waals surface area contributed by atoms with E-state index in [0.717, 1.165) is 18.4 Å². The molecule has 3 aromatic carbocycles. The quantitative estimate of drug-likeness (QED) is 0.165. The highest BCUT2D eigenvalue weighted by atomic mass is 16.8. The van der Waals surface area contributed by atoms with E-state index < -0.39 is 48.9 Å². The fourth-order valence-corrected chi connectivity index (χ4v) is 5.66. The van der Waals surface area contributed by atoms with Gasteiger partial charge in [-0.25, -0.2) is 0 Å². The number of hydrogen-bond donors (Lipinski definition) is 0. The number of carbonyl (C=O) groups is 2. The molecule has 0 aliphatic carbocycles. The van der Waals surface area contributed by atoms with Gasteiger partial charge in [-0.1, -0.05) is 115 Å². The molecule has 5 rings (SSSR count). The Morgan fingerprint density at radius 1 is 0.635 bits per heavy atom. The Bertz CT molecular complexity index is 1830. The molecule has 2 saturated heterocycles. The summed E-state index contributed by atoms with van der Waals surface area (Å²) in [6.07, 6.45) is -1.80. The molecule has 2 fully saturated rings. The molecular weight excluding hydrogens is 656 g/mol. The van der Waals surface area contributed by atoms with E-state index in [1.165, 1.54) is 18.2 Å². The van der Waals surface area contributed by atoms with Gasteiger partial charge in [0.2, 0.25) is 0 Å². The lowest BCUT2D eigenvalue weighted by atomic mass is 9.97. The first-order valence-electron chi connectivity index (χ1n) is 17.5. The average molecular weight is 699 g/mol. The molecule has 266 valence electrons. The Morgan fingerprint density at radius 3 is 1.63 bits per heavy atom. The third kappa shape index (κ3) is 12.2. The van der Waals surface area contributed by atoms with Crippen molar-refractivity contribution in [2.75, 3.05) is 13.7 Å². The molecule has 0 bridgehead atoms. The van der Waals surface area contributed by atoms with Gasteiger partial charge in [0.05, 0.1) is 19.4 Å². The fourth-order valence-electron chi connectivity index (χ4n) is 5.66. The topological polar surface area (TPSA) is 89.5 Å². The molecule has 8 nitrogen and oxygen atoms in total. The lowest BCUT2D eigenvalue weighted by Gasteiger charge is -2.47. The summed E-state index contributed by atoms with van der Waals surface area (Å²) >= 11 is 0. The van der Waals surface area contributed by atoms with E-state index >= 15 is 0 Å². The minimum absolute atomic E-state index is 0.00102. The number of methoxy groups -OCH3 is 1. The second-order valence-corrected chi connectivity index (χ2v) is 12.0. The molecule has 0 saturated carbocycles. The van der Waals surface area contributed by atoms with Crippen molar-refractivity contribution in [1.82, 2.24) is 0 Å². The maximum atomic E-state index is 13.2. The van der Waals surface area contributed by atoms with Gasteiger partial charge in [0, 0.05) is 38.4 Å². The van der Waals surface area contributed by atoms with E-state index in [2.05, 4.69) is 71.6 Å². The van der Waals surface area contributed by atoms with Gasteiger partial charge in [-0.2, -0.15) is 0 Å². The lowest BCUT2D eigenvalue weighted by Crippen LogP contribution is -2.64. The van der Waals surface area contributed by atoms with E-state index in [9.17, 15) is 9.59 Å². The second-order valence-electron chi connectivity index (χ2n) is 12.0. The summed E-state index contributed by atoms with van der Waals surface area (Å²) in [5.74, 6) is 22.1. The van der Waals surface area contributed by atoms with E-state index in [-0.39, 0.29) is 32.3 Å². The maximum absolute atomic E-state index is 13.2. The largest absolute Gasteiger partial charge is 0.455 e. The van der Waals surface area contributed by atoms with Crippen LogP contribution in [0.2, 0.25) is 0 Å². The van der Waals surface area contributed by atoms with Crippen molar-refractivity contribution in [3.63, 3.8) is 0 Å². The molecule has 2 heterocycles. The number of benzene rings is 3. The maximum Gasteiger partial charge on any atom is 0.307 e. The molecule has 3 aromatic rings. The first-order chi connectivity index (χ1) is 25.6. The van der Waals surface area contributed by atoms with Crippen LogP contribution in [-0.2, 0) is 50.9 Å². The monoisotopic (exact) mass is 698 g/mol. The van der Waals surface area contributed by atoms with Crippen molar-refractivity contribution in [3.05, 3.63) is 108 Å². The number of rotatable bonds is 12. The Balaban J connectivity index is 1.18. The Hall–Kier alpha value is -5.32. The van der Waals surface area contributed by atoms with Crippen LogP contribution in [0.4, 0.5) is 0 Å². The third-order valence-corrected chi connectivity index (χ3v) is 8.27. The third-order valence-electron chi connectivity index (χ3n) is 8.27. The van der Waals surface area contributed by atoms with Gasteiger partial charge in [-0.15, -0.1) is 0 Å². The highest BCUT2D eigenvalue weighted by molar-refractivity contribution is 5.71. The van der Waals surface area contributed by atoms with Crippen molar-refractivity contribution >= 4 is 11.9 Å². The van der Waals surface area contributed by atoms with E-state index in [0.29, 0.717) is 12.8 Å². The number of ether oxygens (including phenoxy) is 6. The van der Waals surface area contributed by atoms with Crippen molar-refractivity contribution in [2.45, 2.75) is 88.4 Å². The molecule has 2 aliphatic heterocycles. The molecule has 8 heteroatoms. The number of fused-ring (bicyclic) bond motifs is 1. The zero-order valence-electron chi connectivity index (χ0n) is 29.3. The average Bonchev–Trinajstić information content (AvgIpc) is 3.18. The van der Waals surface area contributed by atoms with Gasteiger partial charge < -0.3 is 28.4 Å². The number of esters is 2. The number of hydrogen-bond acceptors (Lipinski definition) is 8. The van der Waals surface area contributed by atoms with Gasteiger partial charge in [0.15, 0.2) is 24.8 Å². The summed E-state index contributed by atoms with van der Waals surface area (Å²) < 4.78 is 35.8. The minimum Gasteiger partial charge on any atom is -0.455 e. The zero-order chi connectivity index (χ0) is 36.2. The van der Waals surface area contributed by atoms with E-state index in [1.807, 2.05) is 66.7 Å². The minimum atomic E-state index is -1.11. The Labute approximate surface area is 306 Å². The summed E-state index contributed by atoms with van der Waals surface area (Å²) in [5, 5.41) is 0. The summed E-state index contributed by atoms with van der Waals surface area (Å²) in [6.45, 7) is 0.148. The predicted octanol–water partition coefficient (Wildman–Crippen LogP) is 6.14. The number of carbonyl (C=O) groups excluding carboxylic acids is 2. The van der Waals surface area contributed by atoms with Crippen LogP contribution >= 0.6 is 0 Å². The highest BCUT2D eigenvalue weighted by Gasteiger charge is 2.54. The summed E-state index contributed by atoms with van der Waals surface area (Å²) in [7, 11) is 1.43. The first-order valence-corrected chi connectivity index (χ1v) is 17.5. The van der Waals surface area contributed by atoms with Crippen LogP contribution in [-0.4, -0.2) is 56.4 Å². The van der Waals surface area contributed by atoms with Crippen molar-refractivity contribution in [1.29, 1.82) is 0 Å². The van der Waals surface area contributed by atoms with Crippen molar-refractivity contribution in [2.24, 2.45) is 0 Å². The van der Waals surface area contributed by atoms with Crippen LogP contribution in [0.15, 0.2) is 91.0 Å². The molecule has 0 aromatic heterocycles. The van der Waals surface area contributed by atoms with Gasteiger partial charge in [0.1, 0.15) is 12.2 Å². The molecule has 0 N–H and O–H groups in total. The number of aryl methyl sites for hydroxylation is 2. The first kappa shape index (κ1) is 37.9. The van der Waals surface area contributed by atoms with Crippen LogP contribution in [0.5, 0.6) is 0 Å². The Kier molecular flexibility index (Phi) is 15.4. The molecule has 2 aliphatic rings. The Morgan fingerprint density at radius 2 is 1.12 bits per heavy atom. The molecular formula is C44H42O8. The van der Waals surface area contributed by atoms with Gasteiger partial charge >= 0.3 is 11.9 Å². The van der Waals surface area contributed by atoms with Gasteiger partial charge in [-0.05, 0) is 47.7 Å². The summed E-state index contributed by atoms with van der Waals surface area (Å²) in [6, 6.07) is 29.6. The van der Waals surface area contributed by atoms with Crippen molar-refractivity contribution in [3.8, 4) is 47.4 Å². The van der Waals surface area contributed by atoms with Crippen molar-refractivity contribution < 1.29 is 38.0 Å². The molecule has 6 atom stereocenters. The summed E-state index contributed by atoms with van der Waals surface area (Å²) in [5.41, 5.74) is 3.22. The predicted molar refractivity (Wildman–Crippen MR) is 195 cm³/mol. The molecule has 52 heavy (non-hydrogen) atoms. The van der Waals surface area contributed by atoms with Crippen LogP contribution in [0, 0.1) is 47.4 Å². The van der Waals surface area contributed by atoms with Gasteiger partial charge in [-0.3, -0.25) is 9.59 Å². The lowest BCUT2D eigenvalue weighted by molar-refractivity contribution is -0.359. The van der Waals surface area contributed by atoms with Gasteiger partial charge in [0.25, 0.3) is 0 Å². The van der Waals surface area contributed by atoms with E-state index in [4.69, 9.17) is 28.4 Å². The highest BCUT2D eigenvalue weighted by Crippen LogP contribution is 2.37.